The van der Waals surface area contributed by atoms with E-state index in [0.717, 1.165) is 18.7 Å². The van der Waals surface area contributed by atoms with Gasteiger partial charge in [0.25, 0.3) is 5.91 Å². The van der Waals surface area contributed by atoms with Crippen LogP contribution in [0, 0.1) is 0 Å². The van der Waals surface area contributed by atoms with E-state index in [2.05, 4.69) is 0 Å². The first-order valence-corrected chi connectivity index (χ1v) is 10.1. The molecule has 5 nitrogen and oxygen atoms in total. The number of fused-ring (bicyclic) bond motifs is 1. The second kappa shape index (κ2) is 6.22. The van der Waals surface area contributed by atoms with Crippen molar-refractivity contribution in [3.05, 3.63) is 29.8 Å². The van der Waals surface area contributed by atoms with Crippen molar-refractivity contribution in [2.75, 3.05) is 12.3 Å². The van der Waals surface area contributed by atoms with Crippen molar-refractivity contribution in [1.82, 2.24) is 4.90 Å². The number of carbonyl (C=O) groups excluding carboxylic acids is 1. The summed E-state index contributed by atoms with van der Waals surface area (Å²) in [7, 11) is -3.72. The summed E-state index contributed by atoms with van der Waals surface area (Å²) >= 11 is 1.98. The van der Waals surface area contributed by atoms with Crippen LogP contribution in [0.5, 0.6) is 0 Å². The summed E-state index contributed by atoms with van der Waals surface area (Å²) in [6.45, 7) is 0.765. The minimum Gasteiger partial charge on any atom is -0.334 e. The monoisotopic (exact) mass is 340 g/mol. The van der Waals surface area contributed by atoms with Crippen molar-refractivity contribution in [2.24, 2.45) is 5.14 Å². The summed E-state index contributed by atoms with van der Waals surface area (Å²) in [6.07, 6.45) is 4.68. The average Bonchev–Trinajstić information content (AvgIpc) is 2.53. The Morgan fingerprint density at radius 3 is 2.55 bits per heavy atom. The van der Waals surface area contributed by atoms with Crippen LogP contribution in [0.2, 0.25) is 0 Å². The Hall–Kier alpha value is -1.05. The fourth-order valence-electron chi connectivity index (χ4n) is 3.30. The van der Waals surface area contributed by atoms with E-state index in [-0.39, 0.29) is 10.8 Å². The molecule has 3 rings (SSSR count). The summed E-state index contributed by atoms with van der Waals surface area (Å²) in [6, 6.07) is 6.24. The molecule has 0 aromatic heterocycles. The van der Waals surface area contributed by atoms with E-state index >= 15 is 0 Å². The van der Waals surface area contributed by atoms with Crippen molar-refractivity contribution >= 4 is 27.7 Å². The SMILES string of the molecule is NS(=O)(=O)c1ccc(C(=O)N2CCSC3CCCCC32)cc1. The van der Waals surface area contributed by atoms with Gasteiger partial charge < -0.3 is 4.90 Å². The predicted octanol–water partition coefficient (Wildman–Crippen LogP) is 1.83. The Kier molecular flexibility index (Phi) is 4.47. The van der Waals surface area contributed by atoms with Gasteiger partial charge in [-0.1, -0.05) is 12.8 Å². The molecule has 2 unspecified atom stereocenters. The van der Waals surface area contributed by atoms with E-state index in [1.54, 1.807) is 12.1 Å². The van der Waals surface area contributed by atoms with Gasteiger partial charge in [-0.05, 0) is 37.1 Å². The lowest BCUT2D eigenvalue weighted by atomic mass is 9.93. The molecule has 7 heteroatoms. The van der Waals surface area contributed by atoms with Crippen LogP contribution in [0.15, 0.2) is 29.2 Å². The van der Waals surface area contributed by atoms with Crippen LogP contribution < -0.4 is 5.14 Å². The summed E-state index contributed by atoms with van der Waals surface area (Å²) < 4.78 is 22.6. The Bertz CT molecular complexity index is 656. The van der Waals surface area contributed by atoms with Crippen LogP contribution in [0.25, 0.3) is 0 Å². The lowest BCUT2D eigenvalue weighted by molar-refractivity contribution is 0.0646. The van der Waals surface area contributed by atoms with Crippen LogP contribution in [0.1, 0.15) is 36.0 Å². The number of carbonyl (C=O) groups is 1. The number of nitrogens with zero attached hydrogens (tertiary/aromatic N) is 1. The van der Waals surface area contributed by atoms with Gasteiger partial charge in [-0.15, -0.1) is 0 Å². The van der Waals surface area contributed by atoms with E-state index in [1.165, 1.54) is 31.4 Å². The van der Waals surface area contributed by atoms with E-state index in [4.69, 9.17) is 5.14 Å². The zero-order valence-electron chi connectivity index (χ0n) is 12.3. The van der Waals surface area contributed by atoms with E-state index < -0.39 is 10.0 Å². The molecule has 1 amide bonds. The molecule has 22 heavy (non-hydrogen) atoms. The molecule has 1 aromatic rings. The fourth-order valence-corrected chi connectivity index (χ4v) is 5.26. The molecular formula is C15H20N2O3S2. The highest BCUT2D eigenvalue weighted by molar-refractivity contribution is 8.00. The zero-order chi connectivity index (χ0) is 15.7. The highest BCUT2D eigenvalue weighted by Crippen LogP contribution is 2.36. The number of nitrogens with two attached hydrogens (primary N) is 1. The van der Waals surface area contributed by atoms with Gasteiger partial charge in [0.1, 0.15) is 0 Å². The van der Waals surface area contributed by atoms with Crippen molar-refractivity contribution in [2.45, 2.75) is 41.9 Å². The van der Waals surface area contributed by atoms with Gasteiger partial charge in [0.15, 0.2) is 0 Å². The number of primary sulfonamides is 1. The topological polar surface area (TPSA) is 80.5 Å². The van der Waals surface area contributed by atoms with E-state index in [0.29, 0.717) is 16.9 Å². The molecule has 1 aliphatic heterocycles. The molecule has 0 bridgehead atoms. The van der Waals surface area contributed by atoms with Crippen molar-refractivity contribution < 1.29 is 13.2 Å². The quantitative estimate of drug-likeness (QED) is 0.891. The van der Waals surface area contributed by atoms with Crippen molar-refractivity contribution in [3.63, 3.8) is 0 Å². The highest BCUT2D eigenvalue weighted by Gasteiger charge is 2.36. The normalized spacial score (nSPS) is 25.6. The van der Waals surface area contributed by atoms with E-state index in [9.17, 15) is 13.2 Å². The first-order chi connectivity index (χ1) is 10.5. The Balaban J connectivity index is 1.80. The van der Waals surface area contributed by atoms with Gasteiger partial charge in [-0.3, -0.25) is 4.79 Å². The maximum Gasteiger partial charge on any atom is 0.254 e. The zero-order valence-corrected chi connectivity index (χ0v) is 13.9. The van der Waals surface area contributed by atoms with Crippen LogP contribution in [0.3, 0.4) is 0 Å². The molecule has 1 aliphatic carbocycles. The molecule has 1 heterocycles. The summed E-state index contributed by atoms with van der Waals surface area (Å²) in [5.74, 6) is 0.973. The average molecular weight is 340 g/mol. The smallest absolute Gasteiger partial charge is 0.254 e. The molecule has 0 spiro atoms. The fraction of sp³-hybridized carbons (Fsp3) is 0.533. The first-order valence-electron chi connectivity index (χ1n) is 7.52. The largest absolute Gasteiger partial charge is 0.334 e. The number of hydrogen-bond donors (Lipinski definition) is 1. The van der Waals surface area contributed by atoms with Gasteiger partial charge >= 0.3 is 0 Å². The van der Waals surface area contributed by atoms with Gasteiger partial charge in [0.2, 0.25) is 10.0 Å². The minimum absolute atomic E-state index is 0.00170. The summed E-state index contributed by atoms with van der Waals surface area (Å²) in [4.78, 5) is 14.8. The second-order valence-corrected chi connectivity index (χ2v) is 8.74. The van der Waals surface area contributed by atoms with E-state index in [1.807, 2.05) is 16.7 Å². The van der Waals surface area contributed by atoms with Gasteiger partial charge in [0.05, 0.1) is 4.90 Å². The second-order valence-electron chi connectivity index (χ2n) is 5.83. The Morgan fingerprint density at radius 1 is 1.18 bits per heavy atom. The molecule has 2 aliphatic rings. The molecule has 120 valence electrons. The Labute approximate surface area is 135 Å². The maximum atomic E-state index is 12.8. The number of rotatable bonds is 2. The molecule has 1 saturated heterocycles. The minimum atomic E-state index is -3.72. The highest BCUT2D eigenvalue weighted by atomic mass is 32.2. The third-order valence-corrected chi connectivity index (χ3v) is 6.75. The van der Waals surface area contributed by atoms with Crippen LogP contribution in [0.4, 0.5) is 0 Å². The first kappa shape index (κ1) is 15.8. The maximum absolute atomic E-state index is 12.8. The lowest BCUT2D eigenvalue weighted by Crippen LogP contribution is -2.51. The third-order valence-electron chi connectivity index (χ3n) is 4.42. The summed E-state index contributed by atoms with van der Waals surface area (Å²) in [5.41, 5.74) is 0.531. The van der Waals surface area contributed by atoms with Gasteiger partial charge in [0, 0.05) is 29.2 Å². The standard InChI is InChI=1S/C15H20N2O3S2/c16-22(19,20)12-7-5-11(6-8-12)15(18)17-9-10-21-14-4-2-1-3-13(14)17/h5-8,13-14H,1-4,9-10H2,(H2,16,19,20). The molecule has 0 radical (unpaired) electrons. The number of benzene rings is 1. The third kappa shape index (κ3) is 3.16. The Morgan fingerprint density at radius 2 is 1.86 bits per heavy atom. The number of sulfonamides is 1. The van der Waals surface area contributed by atoms with Crippen LogP contribution >= 0.6 is 11.8 Å². The lowest BCUT2D eigenvalue weighted by Gasteiger charge is -2.43. The number of thioether (sulfide) groups is 1. The van der Waals surface area contributed by atoms with Crippen molar-refractivity contribution in [3.8, 4) is 0 Å². The van der Waals surface area contributed by atoms with Crippen LogP contribution in [-0.2, 0) is 10.0 Å². The van der Waals surface area contributed by atoms with Gasteiger partial charge in [-0.25, -0.2) is 13.6 Å². The number of hydrogen-bond acceptors (Lipinski definition) is 4. The number of amides is 1. The van der Waals surface area contributed by atoms with Crippen molar-refractivity contribution in [1.29, 1.82) is 0 Å². The summed E-state index contributed by atoms with van der Waals surface area (Å²) in [5, 5.41) is 5.64. The molecule has 1 saturated carbocycles. The molecule has 2 atom stereocenters. The molecule has 2 fully saturated rings. The molecule has 1 aromatic carbocycles. The molecule has 2 N–H and O–H groups in total. The molecular weight excluding hydrogens is 320 g/mol. The van der Waals surface area contributed by atoms with Crippen LogP contribution in [-0.4, -0.2) is 42.8 Å². The predicted molar refractivity (Wildman–Crippen MR) is 87.4 cm³/mol. The van der Waals surface area contributed by atoms with Gasteiger partial charge in [-0.2, -0.15) is 11.8 Å².